The summed E-state index contributed by atoms with van der Waals surface area (Å²) in [6, 6.07) is 12.1. The predicted octanol–water partition coefficient (Wildman–Crippen LogP) is 5.11. The van der Waals surface area contributed by atoms with Gasteiger partial charge in [0.2, 0.25) is 5.89 Å². The standard InChI is InChI=1S/C17H12Cl2N2O3/c1-23-12-4-2-3-10(7-12)16-21-15(17(22)24-16)9-20-14-6-5-11(18)8-13(14)19/h2-9,22H,1H3. The summed E-state index contributed by atoms with van der Waals surface area (Å²) in [5.74, 6) is 0.588. The van der Waals surface area contributed by atoms with Crippen LogP contribution in [0.15, 0.2) is 51.9 Å². The van der Waals surface area contributed by atoms with Gasteiger partial charge in [0.25, 0.3) is 0 Å². The number of aromatic nitrogens is 1. The second-order valence-corrected chi connectivity index (χ2v) is 5.64. The van der Waals surface area contributed by atoms with Gasteiger partial charge in [-0.15, -0.1) is 0 Å². The number of rotatable bonds is 4. The normalized spacial score (nSPS) is 11.1. The molecule has 0 unspecified atom stereocenters. The van der Waals surface area contributed by atoms with E-state index in [2.05, 4.69) is 9.98 Å². The Morgan fingerprint density at radius 1 is 1.21 bits per heavy atom. The van der Waals surface area contributed by atoms with Crippen molar-refractivity contribution in [2.75, 3.05) is 7.11 Å². The monoisotopic (exact) mass is 362 g/mol. The largest absolute Gasteiger partial charge is 0.497 e. The van der Waals surface area contributed by atoms with Crippen LogP contribution < -0.4 is 4.74 Å². The van der Waals surface area contributed by atoms with Crippen LogP contribution >= 0.6 is 23.2 Å². The number of methoxy groups -OCH3 is 1. The van der Waals surface area contributed by atoms with Gasteiger partial charge in [-0.05, 0) is 36.4 Å². The third-order valence-electron chi connectivity index (χ3n) is 3.19. The van der Waals surface area contributed by atoms with Crippen LogP contribution in [0.1, 0.15) is 5.69 Å². The van der Waals surface area contributed by atoms with Crippen LogP contribution in [0.4, 0.5) is 5.69 Å². The number of aromatic hydroxyl groups is 1. The Balaban J connectivity index is 1.90. The molecule has 0 atom stereocenters. The average Bonchev–Trinajstić information content (AvgIpc) is 2.95. The van der Waals surface area contributed by atoms with Gasteiger partial charge in [0.15, 0.2) is 5.69 Å². The molecule has 5 nitrogen and oxygen atoms in total. The second-order valence-electron chi connectivity index (χ2n) is 4.80. The topological polar surface area (TPSA) is 67.9 Å². The SMILES string of the molecule is COc1cccc(-c2nc(C=Nc3ccc(Cl)cc3Cl)c(O)o2)c1. The van der Waals surface area contributed by atoms with Gasteiger partial charge in [-0.3, -0.25) is 4.99 Å². The molecule has 0 fully saturated rings. The zero-order chi connectivity index (χ0) is 17.1. The zero-order valence-electron chi connectivity index (χ0n) is 12.5. The van der Waals surface area contributed by atoms with Gasteiger partial charge in [-0.25, -0.2) is 4.98 Å². The molecule has 0 aliphatic heterocycles. The fourth-order valence-corrected chi connectivity index (χ4v) is 2.46. The fourth-order valence-electron chi connectivity index (χ4n) is 2.00. The summed E-state index contributed by atoms with van der Waals surface area (Å²) in [5.41, 5.74) is 1.37. The molecule has 7 heteroatoms. The molecule has 1 N–H and O–H groups in total. The molecule has 0 radical (unpaired) electrons. The highest BCUT2D eigenvalue weighted by molar-refractivity contribution is 6.36. The van der Waals surface area contributed by atoms with Crippen molar-refractivity contribution in [3.8, 4) is 23.1 Å². The Morgan fingerprint density at radius 3 is 2.79 bits per heavy atom. The third kappa shape index (κ3) is 3.53. The molecule has 0 aliphatic carbocycles. The summed E-state index contributed by atoms with van der Waals surface area (Å²) in [7, 11) is 1.57. The van der Waals surface area contributed by atoms with Gasteiger partial charge in [0.05, 0.1) is 24.0 Å². The van der Waals surface area contributed by atoms with Crippen molar-refractivity contribution in [1.29, 1.82) is 0 Å². The minimum absolute atomic E-state index is 0.193. The fraction of sp³-hybridized carbons (Fsp3) is 0.0588. The number of nitrogens with zero attached hydrogens (tertiary/aromatic N) is 2. The van der Waals surface area contributed by atoms with E-state index < -0.39 is 0 Å². The van der Waals surface area contributed by atoms with E-state index in [0.29, 0.717) is 27.0 Å². The van der Waals surface area contributed by atoms with Gasteiger partial charge in [-0.1, -0.05) is 29.3 Å². The molecule has 2 aromatic carbocycles. The third-order valence-corrected chi connectivity index (χ3v) is 3.72. The molecular weight excluding hydrogens is 351 g/mol. The molecule has 0 saturated heterocycles. The van der Waals surface area contributed by atoms with Crippen molar-refractivity contribution in [2.24, 2.45) is 4.99 Å². The number of oxazole rings is 1. The number of hydrogen-bond acceptors (Lipinski definition) is 5. The van der Waals surface area contributed by atoms with Crippen LogP contribution in [-0.4, -0.2) is 23.4 Å². The van der Waals surface area contributed by atoms with Crippen molar-refractivity contribution >= 4 is 35.1 Å². The minimum atomic E-state index is -0.332. The first kappa shape index (κ1) is 16.4. The highest BCUT2D eigenvalue weighted by Gasteiger charge is 2.13. The number of benzene rings is 2. The summed E-state index contributed by atoms with van der Waals surface area (Å²) in [6.07, 6.45) is 1.37. The maximum atomic E-state index is 9.90. The molecule has 3 aromatic rings. The maximum Gasteiger partial charge on any atom is 0.312 e. The Kier molecular flexibility index (Phi) is 4.74. The number of ether oxygens (including phenoxy) is 1. The van der Waals surface area contributed by atoms with E-state index in [1.54, 1.807) is 49.6 Å². The van der Waals surface area contributed by atoms with Gasteiger partial charge < -0.3 is 14.3 Å². The summed E-state index contributed by atoms with van der Waals surface area (Å²) in [5, 5.41) is 10.8. The van der Waals surface area contributed by atoms with Crippen molar-refractivity contribution in [1.82, 2.24) is 4.98 Å². The van der Waals surface area contributed by atoms with Crippen LogP contribution in [0.3, 0.4) is 0 Å². The Morgan fingerprint density at radius 2 is 2.04 bits per heavy atom. The lowest BCUT2D eigenvalue weighted by Gasteiger charge is -2.00. The first-order valence-electron chi connectivity index (χ1n) is 6.90. The first-order chi connectivity index (χ1) is 11.6. The Hall–Kier alpha value is -2.50. The molecule has 0 bridgehead atoms. The zero-order valence-corrected chi connectivity index (χ0v) is 14.0. The van der Waals surface area contributed by atoms with Gasteiger partial charge in [0.1, 0.15) is 5.75 Å². The quantitative estimate of drug-likeness (QED) is 0.654. The number of hydrogen-bond donors (Lipinski definition) is 1. The molecule has 0 saturated carbocycles. The molecule has 0 spiro atoms. The van der Waals surface area contributed by atoms with Gasteiger partial charge in [-0.2, -0.15) is 0 Å². The summed E-state index contributed by atoms with van der Waals surface area (Å²) >= 11 is 11.9. The van der Waals surface area contributed by atoms with Crippen LogP contribution in [0.5, 0.6) is 11.7 Å². The summed E-state index contributed by atoms with van der Waals surface area (Å²) in [4.78, 5) is 8.42. The van der Waals surface area contributed by atoms with E-state index in [4.69, 9.17) is 32.4 Å². The molecule has 1 heterocycles. The van der Waals surface area contributed by atoms with E-state index in [1.165, 1.54) is 6.21 Å². The van der Waals surface area contributed by atoms with Gasteiger partial charge in [0, 0.05) is 10.6 Å². The van der Waals surface area contributed by atoms with Crippen molar-refractivity contribution in [2.45, 2.75) is 0 Å². The molecular formula is C17H12Cl2N2O3. The van der Waals surface area contributed by atoms with Crippen LogP contribution in [0, 0.1) is 0 Å². The molecule has 0 amide bonds. The molecule has 1 aromatic heterocycles. The average molecular weight is 363 g/mol. The smallest absolute Gasteiger partial charge is 0.312 e. The van der Waals surface area contributed by atoms with Crippen LogP contribution in [-0.2, 0) is 0 Å². The highest BCUT2D eigenvalue weighted by Crippen LogP contribution is 2.30. The lowest BCUT2D eigenvalue weighted by molar-refractivity contribution is 0.336. The van der Waals surface area contributed by atoms with Crippen molar-refractivity contribution < 1.29 is 14.3 Å². The molecule has 3 rings (SSSR count). The Bertz CT molecular complexity index is 907. The van der Waals surface area contributed by atoms with Crippen LogP contribution in [0.25, 0.3) is 11.5 Å². The van der Waals surface area contributed by atoms with E-state index in [9.17, 15) is 5.11 Å². The number of halogens is 2. The Labute approximate surface area is 148 Å². The van der Waals surface area contributed by atoms with E-state index in [-0.39, 0.29) is 17.5 Å². The minimum Gasteiger partial charge on any atom is -0.497 e. The van der Waals surface area contributed by atoms with Crippen molar-refractivity contribution in [3.63, 3.8) is 0 Å². The number of aliphatic imine (C=N–C) groups is 1. The first-order valence-corrected chi connectivity index (χ1v) is 7.66. The summed E-state index contributed by atoms with van der Waals surface area (Å²) in [6.45, 7) is 0. The molecule has 24 heavy (non-hydrogen) atoms. The van der Waals surface area contributed by atoms with Crippen LogP contribution in [0.2, 0.25) is 10.0 Å². The predicted molar refractivity (Wildman–Crippen MR) is 93.9 cm³/mol. The lowest BCUT2D eigenvalue weighted by Crippen LogP contribution is -1.85. The van der Waals surface area contributed by atoms with Gasteiger partial charge >= 0.3 is 5.95 Å². The highest BCUT2D eigenvalue weighted by atomic mass is 35.5. The van der Waals surface area contributed by atoms with E-state index in [1.807, 2.05) is 0 Å². The maximum absolute atomic E-state index is 9.90. The van der Waals surface area contributed by atoms with Crippen molar-refractivity contribution in [3.05, 3.63) is 58.2 Å². The van der Waals surface area contributed by atoms with E-state index in [0.717, 1.165) is 0 Å². The van der Waals surface area contributed by atoms with E-state index >= 15 is 0 Å². The summed E-state index contributed by atoms with van der Waals surface area (Å²) < 4.78 is 10.4. The molecule has 122 valence electrons. The lowest BCUT2D eigenvalue weighted by atomic mass is 10.2. The molecule has 0 aliphatic rings. The second kappa shape index (κ2) is 6.95.